The van der Waals surface area contributed by atoms with Crippen molar-refractivity contribution in [1.29, 1.82) is 0 Å². The summed E-state index contributed by atoms with van der Waals surface area (Å²) >= 11 is 0. The molecule has 0 unspecified atom stereocenters. The van der Waals surface area contributed by atoms with E-state index < -0.39 is 0 Å². The molecule has 0 spiro atoms. The van der Waals surface area contributed by atoms with E-state index in [1.807, 2.05) is 18.3 Å². The van der Waals surface area contributed by atoms with Gasteiger partial charge in [-0.2, -0.15) is 0 Å². The minimum absolute atomic E-state index is 0.0243. The van der Waals surface area contributed by atoms with Crippen molar-refractivity contribution in [3.05, 3.63) is 126 Å². The van der Waals surface area contributed by atoms with Crippen LogP contribution in [0.25, 0.3) is 61.4 Å². The zero-order valence-corrected chi connectivity index (χ0v) is 28.1. The molecule has 234 valence electrons. The Balaban J connectivity index is 1.49. The van der Waals surface area contributed by atoms with E-state index in [-0.39, 0.29) is 16.6 Å². The summed E-state index contributed by atoms with van der Waals surface area (Å²) < 4.78 is 2.22. The van der Waals surface area contributed by atoms with E-state index in [1.54, 1.807) is 18.3 Å². The van der Waals surface area contributed by atoms with Crippen molar-refractivity contribution in [2.24, 2.45) is 0 Å². The van der Waals surface area contributed by atoms with Gasteiger partial charge in [0.15, 0.2) is 0 Å². The SMILES string of the molecule is Cc1ccnc2c(-c3cccc(-c4nc5c(-c6ncccc6O)cccc5n4-c4ccc(C(C)(C)C)cc4)c3)cc(C(C)(C)C)cc12. The Morgan fingerprint density at radius 1 is 0.617 bits per heavy atom. The van der Waals surface area contributed by atoms with Crippen LogP contribution in [-0.2, 0) is 10.8 Å². The second kappa shape index (κ2) is 11.2. The van der Waals surface area contributed by atoms with Crippen LogP contribution >= 0.6 is 0 Å². The van der Waals surface area contributed by atoms with Gasteiger partial charge in [0, 0.05) is 40.2 Å². The van der Waals surface area contributed by atoms with Crippen LogP contribution < -0.4 is 0 Å². The Labute approximate surface area is 276 Å². The molecule has 0 aliphatic rings. The second-order valence-corrected chi connectivity index (χ2v) is 14.5. The number of imidazole rings is 1. The molecular formula is C42H40N4O. The van der Waals surface area contributed by atoms with Crippen molar-refractivity contribution in [3.63, 3.8) is 0 Å². The monoisotopic (exact) mass is 616 g/mol. The van der Waals surface area contributed by atoms with Crippen molar-refractivity contribution in [2.75, 3.05) is 0 Å². The number of fused-ring (bicyclic) bond motifs is 2. The van der Waals surface area contributed by atoms with Crippen LogP contribution in [0.1, 0.15) is 58.2 Å². The Kier molecular flexibility index (Phi) is 7.24. The fourth-order valence-corrected chi connectivity index (χ4v) is 6.33. The van der Waals surface area contributed by atoms with Crippen molar-refractivity contribution in [2.45, 2.75) is 59.3 Å². The summed E-state index contributed by atoms with van der Waals surface area (Å²) in [5.74, 6) is 0.940. The molecule has 7 rings (SSSR count). The van der Waals surface area contributed by atoms with Crippen LogP contribution in [0.3, 0.4) is 0 Å². The van der Waals surface area contributed by atoms with Crippen LogP contribution in [0, 0.1) is 6.92 Å². The van der Waals surface area contributed by atoms with Gasteiger partial charge in [0.2, 0.25) is 0 Å². The minimum atomic E-state index is -0.0243. The maximum Gasteiger partial charge on any atom is 0.145 e. The second-order valence-electron chi connectivity index (χ2n) is 14.5. The number of aromatic hydroxyl groups is 1. The number of hydrogen-bond acceptors (Lipinski definition) is 4. The lowest BCUT2D eigenvalue weighted by Crippen LogP contribution is -2.11. The van der Waals surface area contributed by atoms with Crippen LogP contribution in [-0.4, -0.2) is 24.6 Å². The normalized spacial score (nSPS) is 12.2. The molecule has 0 fully saturated rings. The van der Waals surface area contributed by atoms with E-state index >= 15 is 0 Å². The van der Waals surface area contributed by atoms with E-state index in [0.29, 0.717) is 5.69 Å². The third kappa shape index (κ3) is 5.46. The first kappa shape index (κ1) is 30.4. The number of pyridine rings is 2. The molecule has 5 heteroatoms. The lowest BCUT2D eigenvalue weighted by Gasteiger charge is -2.22. The Morgan fingerprint density at radius 3 is 2.06 bits per heavy atom. The third-order valence-corrected chi connectivity index (χ3v) is 9.08. The maximum atomic E-state index is 10.8. The quantitative estimate of drug-likeness (QED) is 0.214. The first-order chi connectivity index (χ1) is 22.4. The molecule has 5 nitrogen and oxygen atoms in total. The molecule has 0 saturated heterocycles. The highest BCUT2D eigenvalue weighted by atomic mass is 16.3. The van der Waals surface area contributed by atoms with Gasteiger partial charge in [0.05, 0.1) is 16.6 Å². The van der Waals surface area contributed by atoms with Crippen molar-refractivity contribution in [1.82, 2.24) is 19.5 Å². The van der Waals surface area contributed by atoms with Crippen molar-refractivity contribution in [3.8, 4) is 45.2 Å². The molecule has 4 aromatic carbocycles. The summed E-state index contributed by atoms with van der Waals surface area (Å²) in [4.78, 5) is 14.7. The van der Waals surface area contributed by atoms with Gasteiger partial charge >= 0.3 is 0 Å². The van der Waals surface area contributed by atoms with Crippen LogP contribution in [0.15, 0.2) is 109 Å². The zero-order valence-electron chi connectivity index (χ0n) is 28.1. The first-order valence-corrected chi connectivity index (χ1v) is 16.2. The molecule has 0 aliphatic heterocycles. The number of aromatic nitrogens is 4. The number of hydrogen-bond donors (Lipinski definition) is 1. The summed E-state index contributed by atoms with van der Waals surface area (Å²) in [7, 11) is 0. The Morgan fingerprint density at radius 2 is 1.34 bits per heavy atom. The highest BCUT2D eigenvalue weighted by Crippen LogP contribution is 2.39. The predicted octanol–water partition coefficient (Wildman–Crippen LogP) is 10.6. The standard InChI is InChI=1S/C42H40N4O/c1-26-20-22-44-37-33(26)24-30(42(5,6)7)25-34(37)27-11-8-12-28(23-27)40-45-38-32(39-36(47)15-10-21-43-39)13-9-14-35(38)46(40)31-18-16-29(17-19-31)41(2,3)4/h8-25,47H,1-7H3. The number of aryl methyl sites for hydroxylation is 1. The summed E-state index contributed by atoms with van der Waals surface area (Å²) in [5.41, 5.74) is 12.0. The van der Waals surface area contributed by atoms with Crippen LogP contribution in [0.5, 0.6) is 5.75 Å². The van der Waals surface area contributed by atoms with E-state index in [4.69, 9.17) is 9.97 Å². The lowest BCUT2D eigenvalue weighted by atomic mass is 9.83. The molecule has 0 atom stereocenters. The summed E-state index contributed by atoms with van der Waals surface area (Å²) in [6, 6.07) is 33.5. The largest absolute Gasteiger partial charge is 0.506 e. The van der Waals surface area contributed by atoms with E-state index in [2.05, 4.69) is 131 Å². The van der Waals surface area contributed by atoms with Crippen LogP contribution in [0.4, 0.5) is 0 Å². The average Bonchev–Trinajstić information content (AvgIpc) is 3.44. The Hall–Kier alpha value is -5.29. The molecule has 3 aromatic heterocycles. The number of benzene rings is 4. The molecule has 0 bridgehead atoms. The van der Waals surface area contributed by atoms with Gasteiger partial charge < -0.3 is 5.11 Å². The van der Waals surface area contributed by atoms with Gasteiger partial charge in [-0.1, -0.05) is 84.0 Å². The Bertz CT molecular complexity index is 2280. The number of para-hydroxylation sites is 1. The summed E-state index contributed by atoms with van der Waals surface area (Å²) in [6.45, 7) is 15.6. The van der Waals surface area contributed by atoms with Gasteiger partial charge in [-0.05, 0) is 94.6 Å². The molecule has 0 saturated carbocycles. The first-order valence-electron chi connectivity index (χ1n) is 16.2. The molecule has 47 heavy (non-hydrogen) atoms. The highest BCUT2D eigenvalue weighted by molar-refractivity contribution is 5.98. The highest BCUT2D eigenvalue weighted by Gasteiger charge is 2.22. The van der Waals surface area contributed by atoms with Crippen molar-refractivity contribution < 1.29 is 5.11 Å². The predicted molar refractivity (Wildman–Crippen MR) is 194 cm³/mol. The maximum absolute atomic E-state index is 10.8. The van der Waals surface area contributed by atoms with Gasteiger partial charge in [-0.15, -0.1) is 0 Å². The summed E-state index contributed by atoms with van der Waals surface area (Å²) in [6.07, 6.45) is 3.60. The third-order valence-electron chi connectivity index (χ3n) is 9.08. The smallest absolute Gasteiger partial charge is 0.145 e. The van der Waals surface area contributed by atoms with Crippen molar-refractivity contribution >= 4 is 21.9 Å². The van der Waals surface area contributed by atoms with Gasteiger partial charge in [-0.25, -0.2) is 4.98 Å². The molecule has 3 heterocycles. The van der Waals surface area contributed by atoms with E-state index in [1.165, 1.54) is 22.1 Å². The number of nitrogens with zero attached hydrogens (tertiary/aromatic N) is 4. The minimum Gasteiger partial charge on any atom is -0.506 e. The van der Waals surface area contributed by atoms with Gasteiger partial charge in [0.1, 0.15) is 17.3 Å². The molecule has 0 aliphatic carbocycles. The zero-order chi connectivity index (χ0) is 33.1. The van der Waals surface area contributed by atoms with E-state index in [9.17, 15) is 5.11 Å². The van der Waals surface area contributed by atoms with E-state index in [0.717, 1.165) is 50.3 Å². The fourth-order valence-electron chi connectivity index (χ4n) is 6.33. The molecule has 0 amide bonds. The molecular weight excluding hydrogens is 576 g/mol. The van der Waals surface area contributed by atoms with Gasteiger partial charge in [-0.3, -0.25) is 14.5 Å². The van der Waals surface area contributed by atoms with Gasteiger partial charge in [0.25, 0.3) is 0 Å². The fraction of sp³-hybridized carbons (Fsp3) is 0.214. The average molecular weight is 617 g/mol. The lowest BCUT2D eigenvalue weighted by molar-refractivity contribution is 0.475. The number of rotatable bonds is 4. The summed E-state index contributed by atoms with van der Waals surface area (Å²) in [5, 5.41) is 12.0. The molecule has 7 aromatic rings. The molecule has 0 radical (unpaired) electrons. The van der Waals surface area contributed by atoms with Crippen LogP contribution in [0.2, 0.25) is 0 Å². The molecule has 1 N–H and O–H groups in total. The topological polar surface area (TPSA) is 63.8 Å².